The van der Waals surface area contributed by atoms with Crippen LogP contribution < -0.4 is 21.3 Å². The molecule has 0 aliphatic carbocycles. The number of rotatable bonds is 50. The minimum Gasteiger partial charge on any atom is -0.462 e. The highest BCUT2D eigenvalue weighted by molar-refractivity contribution is 8.00. The van der Waals surface area contributed by atoms with Gasteiger partial charge >= 0.3 is 25.8 Å². The van der Waals surface area contributed by atoms with E-state index in [2.05, 4.69) is 47.3 Å². The van der Waals surface area contributed by atoms with Crippen molar-refractivity contribution in [3.8, 4) is 0 Å². The number of carbonyl (C=O) groups excluding carboxylic acids is 5. The fourth-order valence-corrected chi connectivity index (χ4v) is 11.4. The largest absolute Gasteiger partial charge is 0.472 e. The Morgan fingerprint density at radius 2 is 1.10 bits per heavy atom. The molecule has 2 heterocycles. The van der Waals surface area contributed by atoms with Crippen LogP contribution in [0.25, 0.3) is 0 Å². The first kappa shape index (κ1) is 65.5. The molecule has 0 saturated carbocycles. The second-order valence-corrected chi connectivity index (χ2v) is 22.8. The maximum absolute atomic E-state index is 12.8. The van der Waals surface area contributed by atoms with Crippen molar-refractivity contribution in [2.45, 2.75) is 268 Å². The monoisotopic (exact) mass is 1060 g/mol. The van der Waals surface area contributed by atoms with Crippen molar-refractivity contribution < 1.29 is 52.0 Å². The molecule has 72 heavy (non-hydrogen) atoms. The molecular formula is C55H101N4O11PS. The second kappa shape index (κ2) is 44.6. The van der Waals surface area contributed by atoms with Crippen LogP contribution in [0.1, 0.15) is 245 Å². The molecule has 2 rings (SSSR count). The van der Waals surface area contributed by atoms with Crippen LogP contribution in [-0.2, 0) is 42.3 Å². The van der Waals surface area contributed by atoms with E-state index in [-0.39, 0.29) is 69.0 Å². The van der Waals surface area contributed by atoms with Crippen LogP contribution in [0.5, 0.6) is 0 Å². The second-order valence-electron chi connectivity index (χ2n) is 20.1. The number of urea groups is 1. The Bertz CT molecular complexity index is 1510. The minimum atomic E-state index is -4.60. The Balaban J connectivity index is 1.60. The predicted octanol–water partition coefficient (Wildman–Crippen LogP) is 12.6. The molecule has 2 aliphatic rings. The standard InChI is InChI=1S/C55H101N4O11PS/c1-3-5-7-9-11-13-15-17-18-20-22-24-26-28-32-40-53(63)70-47(44-67-52(62)39-31-27-25-23-21-19-16-14-12-10-8-6-4-2)45-69-71(65,66)68-43-42-57-51(61)37-30-29-35-41-56-50(60)38-34-33-36-49-54-48(46-72-49)58-55(64)59-54/h17-18,47-49,54H,3-16,19-46H2,1-2H3,(H,56,60)(H,57,61)(H,65,66)(H2,58,59,64)/b18-17+. The third-order valence-electron chi connectivity index (χ3n) is 13.4. The molecule has 17 heteroatoms. The van der Waals surface area contributed by atoms with Gasteiger partial charge in [0.25, 0.3) is 0 Å². The van der Waals surface area contributed by atoms with Gasteiger partial charge in [0.2, 0.25) is 11.8 Å². The van der Waals surface area contributed by atoms with Crippen molar-refractivity contribution in [1.82, 2.24) is 21.3 Å². The van der Waals surface area contributed by atoms with E-state index in [1.807, 2.05) is 11.8 Å². The van der Waals surface area contributed by atoms with E-state index in [9.17, 15) is 33.4 Å². The molecule has 0 aromatic carbocycles. The average Bonchev–Trinajstić information content (AvgIpc) is 3.92. The number of amides is 4. The first-order valence-corrected chi connectivity index (χ1v) is 31.4. The first-order valence-electron chi connectivity index (χ1n) is 28.9. The Labute approximate surface area is 440 Å². The Kier molecular flexibility index (Phi) is 40.6. The fourth-order valence-electron chi connectivity index (χ4n) is 9.08. The van der Waals surface area contributed by atoms with E-state index in [1.165, 1.54) is 96.3 Å². The van der Waals surface area contributed by atoms with E-state index < -0.39 is 32.5 Å². The molecule has 15 nitrogen and oxygen atoms in total. The highest BCUT2D eigenvalue weighted by Gasteiger charge is 2.42. The molecule has 0 radical (unpaired) electrons. The maximum Gasteiger partial charge on any atom is 0.472 e. The summed E-state index contributed by atoms with van der Waals surface area (Å²) < 4.78 is 34.1. The van der Waals surface area contributed by atoms with Crippen molar-refractivity contribution in [3.63, 3.8) is 0 Å². The smallest absolute Gasteiger partial charge is 0.462 e. The van der Waals surface area contributed by atoms with Gasteiger partial charge < -0.3 is 35.6 Å². The Morgan fingerprint density at radius 3 is 1.68 bits per heavy atom. The van der Waals surface area contributed by atoms with Crippen LogP contribution >= 0.6 is 19.6 Å². The number of ether oxygens (including phenoxy) is 2. The number of hydrogen-bond donors (Lipinski definition) is 5. The summed E-state index contributed by atoms with van der Waals surface area (Å²) in [5, 5.41) is 12.0. The summed E-state index contributed by atoms with van der Waals surface area (Å²) in [5.74, 6) is -0.191. The molecule has 5 atom stereocenters. The third-order valence-corrected chi connectivity index (χ3v) is 15.9. The summed E-state index contributed by atoms with van der Waals surface area (Å²) in [4.78, 5) is 72.1. The van der Waals surface area contributed by atoms with E-state index in [4.69, 9.17) is 18.5 Å². The quantitative estimate of drug-likeness (QED) is 0.0127. The highest BCUT2D eigenvalue weighted by Crippen LogP contribution is 2.43. The number of unbranched alkanes of at least 4 members (excludes halogenated alkanes) is 26. The topological polar surface area (TPSA) is 208 Å². The molecule has 4 amide bonds. The molecule has 0 aromatic heterocycles. The van der Waals surface area contributed by atoms with Crippen LogP contribution in [0.2, 0.25) is 0 Å². The summed E-state index contributed by atoms with van der Waals surface area (Å²) in [5.41, 5.74) is 0. The number of thioether (sulfide) groups is 1. The number of fused-ring (bicyclic) bond motifs is 1. The van der Waals surface area contributed by atoms with Gasteiger partial charge in [0.1, 0.15) is 6.61 Å². The summed E-state index contributed by atoms with van der Waals surface area (Å²) in [6.45, 7) is 3.91. The van der Waals surface area contributed by atoms with Gasteiger partial charge in [-0.2, -0.15) is 11.8 Å². The van der Waals surface area contributed by atoms with Crippen LogP contribution in [0.4, 0.5) is 4.79 Å². The molecule has 0 spiro atoms. The van der Waals surface area contributed by atoms with Crippen molar-refractivity contribution in [2.75, 3.05) is 38.7 Å². The summed E-state index contributed by atoms with van der Waals surface area (Å²) in [6, 6.07) is 0.305. The molecule has 5 unspecified atom stereocenters. The molecule has 0 aromatic rings. The van der Waals surface area contributed by atoms with Gasteiger partial charge in [-0.1, -0.05) is 167 Å². The average molecular weight is 1060 g/mol. The van der Waals surface area contributed by atoms with Crippen molar-refractivity contribution in [2.24, 2.45) is 0 Å². The molecule has 418 valence electrons. The molecular weight excluding hydrogens is 956 g/mol. The zero-order valence-corrected chi connectivity index (χ0v) is 46.8. The van der Waals surface area contributed by atoms with Gasteiger partial charge in [-0.3, -0.25) is 28.2 Å². The highest BCUT2D eigenvalue weighted by atomic mass is 32.2. The minimum absolute atomic E-state index is 0.0137. The van der Waals surface area contributed by atoms with Crippen molar-refractivity contribution in [3.05, 3.63) is 12.2 Å². The number of nitrogens with one attached hydrogen (secondary N) is 4. The molecule has 2 saturated heterocycles. The molecule has 0 bridgehead atoms. The lowest BCUT2D eigenvalue weighted by Crippen LogP contribution is -2.36. The predicted molar refractivity (Wildman–Crippen MR) is 291 cm³/mol. The number of hydrogen-bond acceptors (Lipinski definition) is 11. The van der Waals surface area contributed by atoms with Gasteiger partial charge in [0.15, 0.2) is 6.10 Å². The summed E-state index contributed by atoms with van der Waals surface area (Å²) >= 11 is 1.88. The molecule has 5 N–H and O–H groups in total. The number of carbonyl (C=O) groups is 5. The lowest BCUT2D eigenvalue weighted by atomic mass is 10.0. The molecule has 2 fully saturated rings. The van der Waals surface area contributed by atoms with Crippen LogP contribution in [-0.4, -0.2) is 96.8 Å². The Morgan fingerprint density at radius 1 is 0.611 bits per heavy atom. The third kappa shape index (κ3) is 37.1. The number of phosphoric ester groups is 1. The van der Waals surface area contributed by atoms with E-state index in [1.54, 1.807) is 0 Å². The van der Waals surface area contributed by atoms with Gasteiger partial charge in [0, 0.05) is 49.8 Å². The van der Waals surface area contributed by atoms with Gasteiger partial charge in [0.05, 0.1) is 25.3 Å². The SMILES string of the molecule is CCCCCCCC/C=C/CCCCCCCC(=O)OC(COC(=O)CCCCCCCCCCCCCCC)COP(=O)(O)OCCNC(=O)CCCCCNC(=O)CCCCC1SCC2NC(=O)NC21. The zero-order chi connectivity index (χ0) is 52.2. The lowest BCUT2D eigenvalue weighted by Gasteiger charge is -2.20. The maximum atomic E-state index is 12.8. The van der Waals surface area contributed by atoms with Crippen molar-refractivity contribution in [1.29, 1.82) is 0 Å². The van der Waals surface area contributed by atoms with Gasteiger partial charge in [-0.25, -0.2) is 9.36 Å². The summed E-state index contributed by atoms with van der Waals surface area (Å²) in [6.07, 6.45) is 39.9. The normalized spacial score (nSPS) is 17.5. The fraction of sp³-hybridized carbons (Fsp3) is 0.873. The molecule has 2 aliphatic heterocycles. The van der Waals surface area contributed by atoms with E-state index in [0.717, 1.165) is 95.6 Å². The lowest BCUT2D eigenvalue weighted by molar-refractivity contribution is -0.161. The van der Waals surface area contributed by atoms with E-state index >= 15 is 0 Å². The van der Waals surface area contributed by atoms with Crippen molar-refractivity contribution >= 4 is 49.4 Å². The van der Waals surface area contributed by atoms with Gasteiger partial charge in [-0.05, 0) is 64.2 Å². The Hall–Kier alpha value is -2.65. The number of phosphoric acid groups is 1. The zero-order valence-electron chi connectivity index (χ0n) is 45.0. The van der Waals surface area contributed by atoms with Crippen LogP contribution in [0.15, 0.2) is 12.2 Å². The van der Waals surface area contributed by atoms with Gasteiger partial charge in [-0.15, -0.1) is 0 Å². The van der Waals surface area contributed by atoms with Crippen LogP contribution in [0.3, 0.4) is 0 Å². The van der Waals surface area contributed by atoms with E-state index in [0.29, 0.717) is 37.5 Å². The number of esters is 2. The number of allylic oxidation sites excluding steroid dienone is 2. The first-order chi connectivity index (χ1) is 35.0. The summed E-state index contributed by atoms with van der Waals surface area (Å²) in [7, 11) is -4.60. The van der Waals surface area contributed by atoms with Crippen LogP contribution in [0, 0.1) is 0 Å².